The average Bonchev–Trinajstić information content (AvgIpc) is 3.10. The number of fused-ring (bicyclic) bond motifs is 1. The molecule has 0 spiro atoms. The minimum absolute atomic E-state index is 0.173. The second-order valence-corrected chi connectivity index (χ2v) is 6.52. The molecule has 2 aromatic rings. The van der Waals surface area contributed by atoms with E-state index >= 15 is 0 Å². The number of nitrogens with one attached hydrogen (secondary N) is 1. The zero-order chi connectivity index (χ0) is 16.4. The summed E-state index contributed by atoms with van der Waals surface area (Å²) in [5.74, 6) is 1.71. The van der Waals surface area contributed by atoms with Crippen LogP contribution in [-0.2, 0) is 11.3 Å². The average molecular weight is 334 g/mol. The van der Waals surface area contributed by atoms with Crippen LogP contribution >= 0.6 is 11.3 Å². The first-order chi connectivity index (χ1) is 11.0. The van der Waals surface area contributed by atoms with Crippen LogP contribution in [0.3, 0.4) is 0 Å². The lowest BCUT2D eigenvalue weighted by Gasteiger charge is -2.14. The molecule has 0 bridgehead atoms. The van der Waals surface area contributed by atoms with Crippen molar-refractivity contribution < 1.29 is 19.0 Å². The molecule has 0 radical (unpaired) electrons. The van der Waals surface area contributed by atoms with E-state index in [1.807, 2.05) is 13.8 Å². The summed E-state index contributed by atoms with van der Waals surface area (Å²) >= 11 is 1.59. The number of nitrogens with zero attached hydrogens (tertiary/aromatic N) is 1. The highest BCUT2D eigenvalue weighted by Crippen LogP contribution is 2.35. The van der Waals surface area contributed by atoms with Crippen LogP contribution in [0.1, 0.15) is 22.5 Å². The minimum atomic E-state index is -0.607. The van der Waals surface area contributed by atoms with Crippen molar-refractivity contribution in [1.82, 2.24) is 10.3 Å². The van der Waals surface area contributed by atoms with Gasteiger partial charge in [-0.1, -0.05) is 0 Å². The summed E-state index contributed by atoms with van der Waals surface area (Å²) in [5.41, 5.74) is 0.956. The van der Waals surface area contributed by atoms with Gasteiger partial charge >= 0.3 is 0 Å². The maximum absolute atomic E-state index is 12.2. The van der Waals surface area contributed by atoms with E-state index in [-0.39, 0.29) is 12.7 Å². The Kier molecular flexibility index (Phi) is 4.38. The molecule has 1 aliphatic rings. The van der Waals surface area contributed by atoms with Gasteiger partial charge in [0.15, 0.2) is 17.6 Å². The maximum Gasteiger partial charge on any atom is 0.261 e. The van der Waals surface area contributed by atoms with Crippen LogP contribution in [0.15, 0.2) is 18.2 Å². The van der Waals surface area contributed by atoms with Crippen molar-refractivity contribution in [2.75, 3.05) is 6.79 Å². The monoisotopic (exact) mass is 334 g/mol. The Morgan fingerprint density at radius 3 is 2.91 bits per heavy atom. The molecule has 6 nitrogen and oxygen atoms in total. The summed E-state index contributed by atoms with van der Waals surface area (Å²) in [4.78, 5) is 17.6. The molecule has 122 valence electrons. The molecule has 1 N–H and O–H groups in total. The second kappa shape index (κ2) is 6.45. The van der Waals surface area contributed by atoms with Crippen LogP contribution < -0.4 is 19.5 Å². The predicted molar refractivity (Wildman–Crippen MR) is 86.1 cm³/mol. The second-order valence-electron chi connectivity index (χ2n) is 5.23. The summed E-state index contributed by atoms with van der Waals surface area (Å²) in [6.45, 7) is 6.28. The van der Waals surface area contributed by atoms with Gasteiger partial charge in [0.1, 0.15) is 5.75 Å². The standard InChI is InChI=1S/C16H18N2O4S/c1-9-15(23-11(3)18-9)7-17-16(19)10(2)22-12-4-5-13-14(6-12)21-8-20-13/h4-6,10H,7-8H2,1-3H3,(H,17,19). The van der Waals surface area contributed by atoms with Gasteiger partial charge in [0, 0.05) is 10.9 Å². The summed E-state index contributed by atoms with van der Waals surface area (Å²) in [7, 11) is 0. The molecular weight excluding hydrogens is 316 g/mol. The van der Waals surface area contributed by atoms with Gasteiger partial charge in [-0.3, -0.25) is 4.79 Å². The zero-order valence-corrected chi connectivity index (χ0v) is 14.0. The van der Waals surface area contributed by atoms with Gasteiger partial charge in [-0.15, -0.1) is 11.3 Å². The van der Waals surface area contributed by atoms with E-state index in [1.54, 1.807) is 36.5 Å². The van der Waals surface area contributed by atoms with Gasteiger partial charge in [0.25, 0.3) is 5.91 Å². The third-order valence-corrected chi connectivity index (χ3v) is 4.52. The number of hydrogen-bond donors (Lipinski definition) is 1. The number of aryl methyl sites for hydroxylation is 2. The Labute approximate surface area is 138 Å². The molecule has 1 atom stereocenters. The van der Waals surface area contributed by atoms with Crippen LogP contribution in [-0.4, -0.2) is 23.8 Å². The first-order valence-corrected chi connectivity index (χ1v) is 8.11. The van der Waals surface area contributed by atoms with Crippen LogP contribution in [0, 0.1) is 13.8 Å². The number of ether oxygens (including phenoxy) is 3. The number of aromatic nitrogens is 1. The number of rotatable bonds is 5. The Morgan fingerprint density at radius 2 is 2.17 bits per heavy atom. The van der Waals surface area contributed by atoms with E-state index in [0.717, 1.165) is 15.6 Å². The zero-order valence-electron chi connectivity index (χ0n) is 13.2. The van der Waals surface area contributed by atoms with Crippen LogP contribution in [0.4, 0.5) is 0 Å². The fourth-order valence-electron chi connectivity index (χ4n) is 2.26. The fraction of sp³-hybridized carbons (Fsp3) is 0.375. The van der Waals surface area contributed by atoms with E-state index in [1.165, 1.54) is 0 Å². The van der Waals surface area contributed by atoms with E-state index in [2.05, 4.69) is 10.3 Å². The topological polar surface area (TPSA) is 69.7 Å². The Balaban J connectivity index is 1.56. The molecule has 7 heteroatoms. The largest absolute Gasteiger partial charge is 0.481 e. The van der Waals surface area contributed by atoms with Gasteiger partial charge in [-0.25, -0.2) is 4.98 Å². The Morgan fingerprint density at radius 1 is 1.39 bits per heavy atom. The molecule has 3 rings (SSSR count). The Hall–Kier alpha value is -2.28. The summed E-state index contributed by atoms with van der Waals surface area (Å²) in [6, 6.07) is 5.25. The SMILES string of the molecule is Cc1nc(C)c(CNC(=O)C(C)Oc2ccc3c(c2)OCO3)s1. The number of amides is 1. The van der Waals surface area contributed by atoms with Crippen LogP contribution in [0.2, 0.25) is 0 Å². The van der Waals surface area contributed by atoms with E-state index in [9.17, 15) is 4.79 Å². The molecular formula is C16H18N2O4S. The number of benzene rings is 1. The third kappa shape index (κ3) is 3.56. The molecule has 0 fully saturated rings. The lowest BCUT2D eigenvalue weighted by molar-refractivity contribution is -0.127. The smallest absolute Gasteiger partial charge is 0.261 e. The number of hydrogen-bond acceptors (Lipinski definition) is 6. The quantitative estimate of drug-likeness (QED) is 0.910. The molecule has 1 amide bonds. The van der Waals surface area contributed by atoms with Crippen LogP contribution in [0.25, 0.3) is 0 Å². The molecule has 0 aliphatic carbocycles. The highest BCUT2D eigenvalue weighted by molar-refractivity contribution is 7.11. The van der Waals surface area contributed by atoms with Crippen LogP contribution in [0.5, 0.6) is 17.2 Å². The number of carbonyl (C=O) groups excluding carboxylic acids is 1. The van der Waals surface area contributed by atoms with Crippen molar-refractivity contribution in [3.63, 3.8) is 0 Å². The van der Waals surface area contributed by atoms with Crippen molar-refractivity contribution >= 4 is 17.2 Å². The first kappa shape index (κ1) is 15.6. The van der Waals surface area contributed by atoms with Gasteiger partial charge in [0.2, 0.25) is 6.79 Å². The van der Waals surface area contributed by atoms with Gasteiger partial charge in [-0.05, 0) is 32.9 Å². The molecule has 1 aromatic heterocycles. The maximum atomic E-state index is 12.2. The lowest BCUT2D eigenvalue weighted by atomic mass is 10.3. The summed E-state index contributed by atoms with van der Waals surface area (Å²) in [5, 5.41) is 3.87. The molecule has 0 saturated carbocycles. The predicted octanol–water partition coefficient (Wildman–Crippen LogP) is 2.57. The molecule has 1 aromatic carbocycles. The molecule has 1 unspecified atom stereocenters. The fourth-order valence-corrected chi connectivity index (χ4v) is 3.13. The molecule has 23 heavy (non-hydrogen) atoms. The summed E-state index contributed by atoms with van der Waals surface area (Å²) < 4.78 is 16.2. The first-order valence-electron chi connectivity index (χ1n) is 7.30. The Bertz CT molecular complexity index is 729. The van der Waals surface area contributed by atoms with Gasteiger partial charge in [-0.2, -0.15) is 0 Å². The normalized spacial score (nSPS) is 13.7. The van der Waals surface area contributed by atoms with Gasteiger partial charge < -0.3 is 19.5 Å². The van der Waals surface area contributed by atoms with E-state index < -0.39 is 6.10 Å². The summed E-state index contributed by atoms with van der Waals surface area (Å²) in [6.07, 6.45) is -0.607. The van der Waals surface area contributed by atoms with E-state index in [0.29, 0.717) is 23.8 Å². The third-order valence-electron chi connectivity index (χ3n) is 3.45. The van der Waals surface area contributed by atoms with Crippen molar-refractivity contribution in [2.24, 2.45) is 0 Å². The van der Waals surface area contributed by atoms with Crippen molar-refractivity contribution in [3.05, 3.63) is 33.8 Å². The number of thiazole rings is 1. The van der Waals surface area contributed by atoms with Crippen molar-refractivity contribution in [1.29, 1.82) is 0 Å². The molecule has 0 saturated heterocycles. The lowest BCUT2D eigenvalue weighted by Crippen LogP contribution is -2.35. The van der Waals surface area contributed by atoms with Crippen molar-refractivity contribution in [2.45, 2.75) is 33.4 Å². The minimum Gasteiger partial charge on any atom is -0.481 e. The van der Waals surface area contributed by atoms with Gasteiger partial charge in [0.05, 0.1) is 17.2 Å². The van der Waals surface area contributed by atoms with E-state index in [4.69, 9.17) is 14.2 Å². The molecule has 2 heterocycles. The highest BCUT2D eigenvalue weighted by atomic mass is 32.1. The number of carbonyl (C=O) groups is 1. The molecule has 1 aliphatic heterocycles. The highest BCUT2D eigenvalue weighted by Gasteiger charge is 2.18. The van der Waals surface area contributed by atoms with Crippen molar-refractivity contribution in [3.8, 4) is 17.2 Å².